The molecule has 1 amide bonds. The minimum Gasteiger partial charge on any atom is -0.477 e. The average molecular weight is 328 g/mol. The van der Waals surface area contributed by atoms with Crippen molar-refractivity contribution in [1.82, 2.24) is 5.32 Å². The first-order chi connectivity index (χ1) is 11.5. The van der Waals surface area contributed by atoms with Gasteiger partial charge in [0.1, 0.15) is 6.29 Å². The molecule has 0 aliphatic heterocycles. The van der Waals surface area contributed by atoms with E-state index in [-0.39, 0.29) is 29.6 Å². The molecule has 7 nitrogen and oxygen atoms in total. The zero-order valence-electron chi connectivity index (χ0n) is 13.0. The quantitative estimate of drug-likeness (QED) is 0.478. The number of carbonyl (C=O) groups excluding carboxylic acids is 2. The molecule has 1 atom stereocenters. The summed E-state index contributed by atoms with van der Waals surface area (Å²) in [6.45, 7) is 1.47. The molecule has 0 aliphatic rings. The number of benzene rings is 2. The first-order valence-electron chi connectivity index (χ1n) is 7.22. The Bertz CT molecular complexity index is 746. The van der Waals surface area contributed by atoms with Crippen molar-refractivity contribution in [3.05, 3.63) is 69.8 Å². The fourth-order valence-corrected chi connectivity index (χ4v) is 2.12. The van der Waals surface area contributed by atoms with Crippen LogP contribution in [0.4, 0.5) is 5.69 Å². The zero-order chi connectivity index (χ0) is 17.5. The van der Waals surface area contributed by atoms with E-state index in [4.69, 9.17) is 4.74 Å². The van der Waals surface area contributed by atoms with Crippen LogP contribution >= 0.6 is 0 Å². The van der Waals surface area contributed by atoms with Crippen molar-refractivity contribution in [1.29, 1.82) is 0 Å². The van der Waals surface area contributed by atoms with Gasteiger partial charge in [-0.1, -0.05) is 30.3 Å². The van der Waals surface area contributed by atoms with Gasteiger partial charge in [0.25, 0.3) is 5.91 Å². The molecule has 0 aliphatic carbocycles. The summed E-state index contributed by atoms with van der Waals surface area (Å²) in [5.74, 6) is -0.465. The Morgan fingerprint density at radius 2 is 2.00 bits per heavy atom. The average Bonchev–Trinajstić information content (AvgIpc) is 2.60. The highest BCUT2D eigenvalue weighted by atomic mass is 16.6. The second-order valence-corrected chi connectivity index (χ2v) is 5.09. The molecule has 24 heavy (non-hydrogen) atoms. The Hall–Kier alpha value is -3.22. The molecule has 124 valence electrons. The molecule has 0 heterocycles. The van der Waals surface area contributed by atoms with Crippen LogP contribution in [0.5, 0.6) is 5.75 Å². The van der Waals surface area contributed by atoms with Crippen molar-refractivity contribution in [3.63, 3.8) is 0 Å². The molecule has 2 aromatic carbocycles. The highest BCUT2D eigenvalue weighted by Gasteiger charge is 2.17. The summed E-state index contributed by atoms with van der Waals surface area (Å²) in [7, 11) is 0. The van der Waals surface area contributed by atoms with E-state index in [9.17, 15) is 19.7 Å². The van der Waals surface area contributed by atoms with Gasteiger partial charge in [-0.25, -0.2) is 0 Å². The monoisotopic (exact) mass is 328 g/mol. The summed E-state index contributed by atoms with van der Waals surface area (Å²) in [6, 6.07) is 13.0. The largest absolute Gasteiger partial charge is 0.477 e. The molecule has 1 N–H and O–H groups in total. The van der Waals surface area contributed by atoms with Crippen LogP contribution in [-0.2, 0) is 4.79 Å². The molecular weight excluding hydrogens is 312 g/mol. The SMILES string of the molecule is C[C@H](NC(=O)COc1ccc(C=O)cc1[N+](=O)[O-])c1ccccc1. The van der Waals surface area contributed by atoms with Crippen molar-refractivity contribution in [3.8, 4) is 5.75 Å². The van der Waals surface area contributed by atoms with Gasteiger partial charge in [-0.3, -0.25) is 19.7 Å². The summed E-state index contributed by atoms with van der Waals surface area (Å²) in [5.41, 5.74) is 0.742. The number of nitro groups is 1. The maximum Gasteiger partial charge on any atom is 0.311 e. The highest BCUT2D eigenvalue weighted by molar-refractivity contribution is 5.79. The Morgan fingerprint density at radius 1 is 1.29 bits per heavy atom. The third-order valence-electron chi connectivity index (χ3n) is 3.35. The second kappa shape index (κ2) is 7.87. The van der Waals surface area contributed by atoms with Crippen LogP contribution in [0, 0.1) is 10.1 Å². The minimum atomic E-state index is -0.660. The van der Waals surface area contributed by atoms with Gasteiger partial charge in [0.05, 0.1) is 11.0 Å². The molecule has 0 radical (unpaired) electrons. The standard InChI is InChI=1S/C17H16N2O5/c1-12(14-5-3-2-4-6-14)18-17(21)11-24-16-8-7-13(10-20)9-15(16)19(22)23/h2-10,12H,11H2,1H3,(H,18,21)/t12-/m0/s1. The number of rotatable bonds is 7. The summed E-state index contributed by atoms with van der Waals surface area (Å²) in [5, 5.41) is 13.8. The fraction of sp³-hybridized carbons (Fsp3) is 0.176. The highest BCUT2D eigenvalue weighted by Crippen LogP contribution is 2.27. The number of hydrogen-bond donors (Lipinski definition) is 1. The number of carbonyl (C=O) groups is 2. The van der Waals surface area contributed by atoms with Gasteiger partial charge >= 0.3 is 5.69 Å². The van der Waals surface area contributed by atoms with Gasteiger partial charge < -0.3 is 10.1 Å². The molecule has 0 saturated carbocycles. The van der Waals surface area contributed by atoms with Crippen LogP contribution in [0.2, 0.25) is 0 Å². The first-order valence-corrected chi connectivity index (χ1v) is 7.22. The zero-order valence-corrected chi connectivity index (χ0v) is 13.0. The van der Waals surface area contributed by atoms with Crippen LogP contribution in [0.3, 0.4) is 0 Å². The Morgan fingerprint density at radius 3 is 2.62 bits per heavy atom. The number of nitrogens with one attached hydrogen (secondary N) is 1. The predicted molar refractivity (Wildman–Crippen MR) is 87.0 cm³/mol. The van der Waals surface area contributed by atoms with E-state index in [1.807, 2.05) is 37.3 Å². The van der Waals surface area contributed by atoms with E-state index < -0.39 is 10.8 Å². The molecule has 0 saturated heterocycles. The van der Waals surface area contributed by atoms with E-state index >= 15 is 0 Å². The Kier molecular flexibility index (Phi) is 5.62. The molecule has 0 bridgehead atoms. The van der Waals surface area contributed by atoms with Gasteiger partial charge in [0.15, 0.2) is 12.4 Å². The smallest absolute Gasteiger partial charge is 0.311 e. The number of nitro benzene ring substituents is 1. The lowest BCUT2D eigenvalue weighted by Gasteiger charge is -2.14. The van der Waals surface area contributed by atoms with E-state index in [2.05, 4.69) is 5.32 Å². The van der Waals surface area contributed by atoms with Crippen LogP contribution in [0.15, 0.2) is 48.5 Å². The summed E-state index contributed by atoms with van der Waals surface area (Å²) in [6.07, 6.45) is 0.505. The molecule has 0 aromatic heterocycles. The maximum absolute atomic E-state index is 11.9. The summed E-state index contributed by atoms with van der Waals surface area (Å²) < 4.78 is 5.23. The van der Waals surface area contributed by atoms with Gasteiger partial charge in [-0.15, -0.1) is 0 Å². The van der Waals surface area contributed by atoms with Crippen molar-refractivity contribution in [2.24, 2.45) is 0 Å². The minimum absolute atomic E-state index is 0.0619. The number of ether oxygens (including phenoxy) is 1. The van der Waals surface area contributed by atoms with Crippen molar-refractivity contribution >= 4 is 17.9 Å². The van der Waals surface area contributed by atoms with E-state index in [0.29, 0.717) is 6.29 Å². The molecule has 0 spiro atoms. The second-order valence-electron chi connectivity index (χ2n) is 5.09. The van der Waals surface area contributed by atoms with Gasteiger partial charge in [-0.2, -0.15) is 0 Å². The fourth-order valence-electron chi connectivity index (χ4n) is 2.12. The van der Waals surface area contributed by atoms with Gasteiger partial charge in [0, 0.05) is 11.6 Å². The molecule has 0 fully saturated rings. The van der Waals surface area contributed by atoms with Crippen LogP contribution in [0.1, 0.15) is 28.9 Å². The topological polar surface area (TPSA) is 98.5 Å². The molecule has 7 heteroatoms. The maximum atomic E-state index is 11.9. The molecular formula is C17H16N2O5. The van der Waals surface area contributed by atoms with E-state index in [1.54, 1.807) is 0 Å². The summed E-state index contributed by atoms with van der Waals surface area (Å²) in [4.78, 5) is 33.0. The first kappa shape index (κ1) is 17.1. The molecule has 2 aromatic rings. The van der Waals surface area contributed by atoms with E-state index in [1.165, 1.54) is 12.1 Å². The van der Waals surface area contributed by atoms with Crippen LogP contribution in [-0.4, -0.2) is 23.7 Å². The van der Waals surface area contributed by atoms with Crippen molar-refractivity contribution < 1.29 is 19.2 Å². The number of nitrogens with zero attached hydrogens (tertiary/aromatic N) is 1. The van der Waals surface area contributed by atoms with E-state index in [0.717, 1.165) is 11.6 Å². The Labute approximate surface area is 138 Å². The molecule has 0 unspecified atom stereocenters. The van der Waals surface area contributed by atoms with Crippen LogP contribution in [0.25, 0.3) is 0 Å². The van der Waals surface area contributed by atoms with Crippen LogP contribution < -0.4 is 10.1 Å². The lowest BCUT2D eigenvalue weighted by atomic mass is 10.1. The lowest BCUT2D eigenvalue weighted by Crippen LogP contribution is -2.31. The third kappa shape index (κ3) is 4.39. The van der Waals surface area contributed by atoms with Gasteiger partial charge in [0.2, 0.25) is 0 Å². The summed E-state index contributed by atoms with van der Waals surface area (Å²) >= 11 is 0. The lowest BCUT2D eigenvalue weighted by molar-refractivity contribution is -0.385. The Balaban J connectivity index is 1.99. The van der Waals surface area contributed by atoms with Crippen molar-refractivity contribution in [2.75, 3.05) is 6.61 Å². The number of amides is 1. The van der Waals surface area contributed by atoms with Gasteiger partial charge in [-0.05, 0) is 24.6 Å². The number of hydrogen-bond acceptors (Lipinski definition) is 5. The third-order valence-corrected chi connectivity index (χ3v) is 3.35. The normalized spacial score (nSPS) is 11.4. The predicted octanol–water partition coefficient (Wildman–Crippen LogP) is 2.66. The molecule has 2 rings (SSSR count). The number of aldehydes is 1. The van der Waals surface area contributed by atoms with Crippen molar-refractivity contribution in [2.45, 2.75) is 13.0 Å².